The molecule has 0 spiro atoms. The zero-order valence-corrected chi connectivity index (χ0v) is 20.1. The lowest BCUT2D eigenvalue weighted by atomic mass is 9.94. The van der Waals surface area contributed by atoms with Crippen molar-refractivity contribution in [2.24, 2.45) is 0 Å². The Balaban J connectivity index is 1.36. The molecule has 1 aliphatic carbocycles. The second-order valence-electron chi connectivity index (χ2n) is 8.79. The minimum absolute atomic E-state index is 0.0899. The first-order valence-electron chi connectivity index (χ1n) is 11.0. The van der Waals surface area contributed by atoms with Crippen LogP contribution >= 0.6 is 10.8 Å². The van der Waals surface area contributed by atoms with E-state index in [1.54, 1.807) is 38.4 Å². The number of hydrogen-bond donors (Lipinski definition) is 3. The summed E-state index contributed by atoms with van der Waals surface area (Å²) in [6, 6.07) is 16.5. The predicted octanol–water partition coefficient (Wildman–Crippen LogP) is 5.04. The van der Waals surface area contributed by atoms with E-state index >= 15 is 0 Å². The highest BCUT2D eigenvalue weighted by Crippen LogP contribution is 2.52. The number of fused-ring (bicyclic) bond motifs is 1. The Hall–Kier alpha value is -3.11. The zero-order chi connectivity index (χ0) is 24.1. The van der Waals surface area contributed by atoms with Gasteiger partial charge in [-0.1, -0.05) is 18.2 Å². The number of amides is 1. The standard InChI is InChI=1S/C25H27N3O5S/c1-16-20(17-5-4-6-19(13-17)34(30,31)28(2)3)8-10-23(26-16)27-24(29)25(11-12-25)18-7-9-21-22(14-18)33-15-32-21/h4-10,13-14,30-31H,11-12,15H2,1-3H3,(H,26,27,29). The third kappa shape index (κ3) is 3.90. The number of rotatable bonds is 6. The lowest BCUT2D eigenvalue weighted by Gasteiger charge is -2.38. The summed E-state index contributed by atoms with van der Waals surface area (Å²) in [5, 5.41) is 2.98. The first-order valence-corrected chi connectivity index (χ1v) is 12.5. The van der Waals surface area contributed by atoms with Crippen molar-refractivity contribution in [1.29, 1.82) is 0 Å². The fourth-order valence-corrected chi connectivity index (χ4v) is 5.15. The summed E-state index contributed by atoms with van der Waals surface area (Å²) in [6.07, 6.45) is 1.53. The number of hydrogen-bond acceptors (Lipinski definition) is 7. The van der Waals surface area contributed by atoms with Gasteiger partial charge >= 0.3 is 0 Å². The predicted molar refractivity (Wildman–Crippen MR) is 131 cm³/mol. The molecule has 0 atom stereocenters. The van der Waals surface area contributed by atoms with Gasteiger partial charge in [-0.25, -0.2) is 9.29 Å². The molecule has 1 aliphatic heterocycles. The molecule has 0 saturated heterocycles. The van der Waals surface area contributed by atoms with Crippen molar-refractivity contribution in [3.05, 3.63) is 65.9 Å². The molecule has 9 heteroatoms. The fourth-order valence-electron chi connectivity index (χ4n) is 4.18. The van der Waals surface area contributed by atoms with Crippen molar-refractivity contribution < 1.29 is 23.4 Å². The smallest absolute Gasteiger partial charge is 0.236 e. The monoisotopic (exact) mass is 481 g/mol. The van der Waals surface area contributed by atoms with Crippen LogP contribution in [0, 0.1) is 6.92 Å². The molecular weight excluding hydrogens is 454 g/mol. The van der Waals surface area contributed by atoms with Crippen LogP contribution in [0.5, 0.6) is 11.5 Å². The van der Waals surface area contributed by atoms with Gasteiger partial charge in [0, 0.05) is 25.4 Å². The maximum absolute atomic E-state index is 13.2. The van der Waals surface area contributed by atoms with Crippen LogP contribution in [-0.2, 0) is 10.2 Å². The molecule has 1 fully saturated rings. The highest BCUT2D eigenvalue weighted by atomic mass is 32.3. The van der Waals surface area contributed by atoms with E-state index in [1.165, 1.54) is 4.31 Å². The summed E-state index contributed by atoms with van der Waals surface area (Å²) in [6.45, 7) is 2.07. The summed E-state index contributed by atoms with van der Waals surface area (Å²) in [4.78, 5) is 18.2. The number of ether oxygens (including phenoxy) is 2. The Morgan fingerprint density at radius 2 is 1.82 bits per heavy atom. The van der Waals surface area contributed by atoms with Crippen LogP contribution in [0.2, 0.25) is 0 Å². The zero-order valence-electron chi connectivity index (χ0n) is 19.2. The molecule has 178 valence electrons. The second-order valence-corrected chi connectivity index (χ2v) is 11.0. The third-order valence-electron chi connectivity index (χ3n) is 6.41. The van der Waals surface area contributed by atoms with Gasteiger partial charge in [0.2, 0.25) is 12.7 Å². The van der Waals surface area contributed by atoms with E-state index < -0.39 is 16.2 Å². The molecule has 3 N–H and O–H groups in total. The number of pyridine rings is 1. The van der Waals surface area contributed by atoms with Crippen molar-refractivity contribution in [3.8, 4) is 22.6 Å². The minimum Gasteiger partial charge on any atom is -0.454 e. The van der Waals surface area contributed by atoms with Gasteiger partial charge in [-0.15, -0.1) is 10.8 Å². The lowest BCUT2D eigenvalue weighted by Crippen LogP contribution is -2.28. The van der Waals surface area contributed by atoms with Crippen molar-refractivity contribution in [3.63, 3.8) is 0 Å². The van der Waals surface area contributed by atoms with E-state index in [1.807, 2.05) is 37.3 Å². The fraction of sp³-hybridized carbons (Fsp3) is 0.280. The van der Waals surface area contributed by atoms with Crippen LogP contribution in [0.4, 0.5) is 5.82 Å². The third-order valence-corrected chi connectivity index (χ3v) is 8.31. The molecule has 8 nitrogen and oxygen atoms in total. The summed E-state index contributed by atoms with van der Waals surface area (Å²) >= 11 is 0. The molecule has 0 unspecified atom stereocenters. The van der Waals surface area contributed by atoms with Gasteiger partial charge in [-0.05, 0) is 67.3 Å². The van der Waals surface area contributed by atoms with Gasteiger partial charge in [0.15, 0.2) is 11.5 Å². The Morgan fingerprint density at radius 1 is 1.06 bits per heavy atom. The quantitative estimate of drug-likeness (QED) is 0.453. The Bertz CT molecular complexity index is 1270. The van der Waals surface area contributed by atoms with Gasteiger partial charge in [0.1, 0.15) is 5.82 Å². The van der Waals surface area contributed by atoms with Gasteiger partial charge in [0.25, 0.3) is 0 Å². The Morgan fingerprint density at radius 3 is 2.53 bits per heavy atom. The molecule has 3 aromatic rings. The number of anilines is 1. The van der Waals surface area contributed by atoms with Crippen molar-refractivity contribution in [2.45, 2.75) is 30.1 Å². The number of benzene rings is 2. The normalized spacial score (nSPS) is 16.4. The van der Waals surface area contributed by atoms with E-state index in [0.29, 0.717) is 22.2 Å². The Labute approximate surface area is 200 Å². The van der Waals surface area contributed by atoms with Crippen LogP contribution in [-0.4, -0.2) is 45.2 Å². The molecule has 0 bridgehead atoms. The molecule has 2 aliphatic rings. The van der Waals surface area contributed by atoms with E-state index in [2.05, 4.69) is 10.3 Å². The summed E-state index contributed by atoms with van der Waals surface area (Å²) < 4.78 is 33.2. The summed E-state index contributed by atoms with van der Waals surface area (Å²) in [5.74, 6) is 1.76. The van der Waals surface area contributed by atoms with Crippen LogP contribution in [0.15, 0.2) is 59.5 Å². The average molecular weight is 482 g/mol. The second kappa shape index (κ2) is 8.28. The first kappa shape index (κ1) is 22.7. The molecule has 1 amide bonds. The molecular formula is C25H27N3O5S. The van der Waals surface area contributed by atoms with Crippen LogP contribution < -0.4 is 14.8 Å². The maximum Gasteiger partial charge on any atom is 0.236 e. The highest BCUT2D eigenvalue weighted by Gasteiger charge is 2.51. The minimum atomic E-state index is -3.04. The van der Waals surface area contributed by atoms with Crippen LogP contribution in [0.1, 0.15) is 24.1 Å². The van der Waals surface area contributed by atoms with E-state index in [4.69, 9.17) is 9.47 Å². The summed E-state index contributed by atoms with van der Waals surface area (Å²) in [5.41, 5.74) is 2.74. The number of aromatic nitrogens is 1. The summed E-state index contributed by atoms with van der Waals surface area (Å²) in [7, 11) is 0.210. The van der Waals surface area contributed by atoms with Crippen LogP contribution in [0.3, 0.4) is 0 Å². The molecule has 2 aromatic carbocycles. The maximum atomic E-state index is 13.2. The largest absolute Gasteiger partial charge is 0.454 e. The lowest BCUT2D eigenvalue weighted by molar-refractivity contribution is -0.118. The molecule has 0 radical (unpaired) electrons. The molecule has 2 heterocycles. The number of nitrogens with zero attached hydrogens (tertiary/aromatic N) is 2. The van der Waals surface area contributed by atoms with Crippen molar-refractivity contribution in [2.75, 3.05) is 26.2 Å². The number of nitrogens with one attached hydrogen (secondary N) is 1. The topological polar surface area (TPSA) is 104 Å². The van der Waals surface area contributed by atoms with Gasteiger partial charge in [-0.2, -0.15) is 0 Å². The average Bonchev–Trinajstić information content (AvgIpc) is 3.50. The number of carbonyl (C=O) groups excluding carboxylic acids is 1. The van der Waals surface area contributed by atoms with Gasteiger partial charge in [0.05, 0.1) is 10.3 Å². The Kier molecular flexibility index (Phi) is 5.52. The molecule has 1 saturated carbocycles. The van der Waals surface area contributed by atoms with Gasteiger partial charge < -0.3 is 14.8 Å². The first-order chi connectivity index (χ1) is 16.2. The van der Waals surface area contributed by atoms with Crippen molar-refractivity contribution in [1.82, 2.24) is 9.29 Å². The van der Waals surface area contributed by atoms with Gasteiger partial charge in [-0.3, -0.25) is 13.9 Å². The molecule has 1 aromatic heterocycles. The number of aryl methyl sites for hydroxylation is 1. The van der Waals surface area contributed by atoms with Crippen LogP contribution in [0.25, 0.3) is 11.1 Å². The van der Waals surface area contributed by atoms with Crippen molar-refractivity contribution >= 4 is 22.5 Å². The van der Waals surface area contributed by atoms with E-state index in [9.17, 15) is 13.9 Å². The molecule has 5 rings (SSSR count). The van der Waals surface area contributed by atoms with E-state index in [-0.39, 0.29) is 12.7 Å². The number of carbonyl (C=O) groups is 1. The van der Waals surface area contributed by atoms with E-state index in [0.717, 1.165) is 35.2 Å². The molecule has 34 heavy (non-hydrogen) atoms. The highest BCUT2D eigenvalue weighted by molar-refractivity contribution is 8.22. The SMILES string of the molecule is Cc1nc(NC(=O)C2(c3ccc4c(c3)OCO4)CC2)ccc1-c1cccc(S(O)(O)N(C)C)c1.